The number of halogens is 1. The van der Waals surface area contributed by atoms with Gasteiger partial charge in [0.05, 0.1) is 10.2 Å². The first-order valence-electron chi connectivity index (χ1n) is 7.73. The molecule has 1 amide bonds. The second kappa shape index (κ2) is 6.24. The number of anilines is 1. The van der Waals surface area contributed by atoms with Crippen LogP contribution in [-0.4, -0.2) is 16.1 Å². The number of benzene rings is 1. The van der Waals surface area contributed by atoms with E-state index in [2.05, 4.69) is 51.4 Å². The summed E-state index contributed by atoms with van der Waals surface area (Å²) in [6, 6.07) is 6.15. The fourth-order valence-corrected chi connectivity index (χ4v) is 3.77. The summed E-state index contributed by atoms with van der Waals surface area (Å²) in [5.41, 5.74) is 4.91. The van der Waals surface area contributed by atoms with Crippen LogP contribution in [0, 0.1) is 0 Å². The maximum Gasteiger partial charge on any atom is 0.277 e. The van der Waals surface area contributed by atoms with Gasteiger partial charge in [-0.2, -0.15) is 5.10 Å². The Balaban J connectivity index is 1.86. The van der Waals surface area contributed by atoms with Gasteiger partial charge in [-0.3, -0.25) is 9.89 Å². The molecule has 0 atom stereocenters. The molecule has 4 nitrogen and oxygen atoms in total. The third-order valence-electron chi connectivity index (χ3n) is 4.17. The zero-order chi connectivity index (χ0) is 15.7. The van der Waals surface area contributed by atoms with Crippen molar-refractivity contribution in [2.45, 2.75) is 45.4 Å². The normalized spacial score (nSPS) is 14.0. The van der Waals surface area contributed by atoms with Gasteiger partial charge in [0.25, 0.3) is 5.91 Å². The Morgan fingerprint density at radius 3 is 2.82 bits per heavy atom. The molecule has 0 unspecified atom stereocenters. The molecule has 0 aliphatic heterocycles. The van der Waals surface area contributed by atoms with Crippen LogP contribution in [0.5, 0.6) is 0 Å². The maximum atomic E-state index is 12.5. The number of hydrogen-bond acceptors (Lipinski definition) is 2. The number of fused-ring (bicyclic) bond motifs is 1. The molecule has 0 radical (unpaired) electrons. The third-order valence-corrected chi connectivity index (χ3v) is 4.97. The zero-order valence-electron chi connectivity index (χ0n) is 12.9. The van der Waals surface area contributed by atoms with E-state index in [0.29, 0.717) is 5.69 Å². The number of nitrogens with zero attached hydrogens (tertiary/aromatic N) is 1. The number of H-pyrrole nitrogens is 1. The molecule has 5 heteroatoms. The van der Waals surface area contributed by atoms with Gasteiger partial charge in [0.2, 0.25) is 0 Å². The molecule has 0 saturated carbocycles. The lowest BCUT2D eigenvalue weighted by molar-refractivity contribution is 0.102. The van der Waals surface area contributed by atoms with Gasteiger partial charge >= 0.3 is 0 Å². The van der Waals surface area contributed by atoms with Crippen LogP contribution < -0.4 is 5.32 Å². The highest BCUT2D eigenvalue weighted by atomic mass is 79.9. The number of nitrogens with one attached hydrogen (secondary N) is 2. The van der Waals surface area contributed by atoms with Crippen molar-refractivity contribution in [3.8, 4) is 0 Å². The van der Waals surface area contributed by atoms with Crippen LogP contribution in [0.15, 0.2) is 22.7 Å². The van der Waals surface area contributed by atoms with Gasteiger partial charge in [0, 0.05) is 5.69 Å². The smallest absolute Gasteiger partial charge is 0.277 e. The largest absolute Gasteiger partial charge is 0.320 e. The van der Waals surface area contributed by atoms with Gasteiger partial charge in [-0.15, -0.1) is 0 Å². The Bertz CT molecular complexity index is 706. The maximum absolute atomic E-state index is 12.5. The molecular formula is C17H20BrN3O. The van der Waals surface area contributed by atoms with Gasteiger partial charge in [-0.1, -0.05) is 26.0 Å². The van der Waals surface area contributed by atoms with Crippen molar-refractivity contribution in [3.63, 3.8) is 0 Å². The summed E-state index contributed by atoms with van der Waals surface area (Å²) in [5.74, 6) is 0.113. The topological polar surface area (TPSA) is 57.8 Å². The monoisotopic (exact) mass is 361 g/mol. The van der Waals surface area contributed by atoms with Crippen LogP contribution in [0.3, 0.4) is 0 Å². The van der Waals surface area contributed by atoms with Crippen LogP contribution in [0.25, 0.3) is 0 Å². The van der Waals surface area contributed by atoms with E-state index in [-0.39, 0.29) is 11.8 Å². The first-order valence-corrected chi connectivity index (χ1v) is 8.53. The van der Waals surface area contributed by atoms with Crippen LogP contribution in [-0.2, 0) is 12.8 Å². The lowest BCUT2D eigenvalue weighted by Crippen LogP contribution is -2.16. The van der Waals surface area contributed by atoms with E-state index in [4.69, 9.17) is 0 Å². The second-order valence-corrected chi connectivity index (χ2v) is 6.85. The van der Waals surface area contributed by atoms with Gasteiger partial charge in [-0.05, 0) is 64.7 Å². The van der Waals surface area contributed by atoms with E-state index in [0.717, 1.165) is 28.7 Å². The van der Waals surface area contributed by atoms with Gasteiger partial charge < -0.3 is 5.32 Å². The van der Waals surface area contributed by atoms with Crippen molar-refractivity contribution in [2.24, 2.45) is 0 Å². The van der Waals surface area contributed by atoms with Crippen molar-refractivity contribution in [1.29, 1.82) is 0 Å². The quantitative estimate of drug-likeness (QED) is 0.849. The minimum absolute atomic E-state index is 0.172. The number of carbonyl (C=O) groups is 1. The Kier molecular flexibility index (Phi) is 4.34. The van der Waals surface area contributed by atoms with Crippen LogP contribution >= 0.6 is 15.9 Å². The van der Waals surface area contributed by atoms with E-state index in [1.54, 1.807) is 0 Å². The molecule has 1 aromatic heterocycles. The summed E-state index contributed by atoms with van der Waals surface area (Å²) >= 11 is 3.49. The molecule has 116 valence electrons. The van der Waals surface area contributed by atoms with Crippen LogP contribution in [0.2, 0.25) is 0 Å². The summed E-state index contributed by atoms with van der Waals surface area (Å²) in [6.45, 7) is 4.13. The highest BCUT2D eigenvalue weighted by Gasteiger charge is 2.21. The number of carbonyl (C=O) groups excluding carboxylic acids is 1. The lowest BCUT2D eigenvalue weighted by atomic mass is 9.90. The van der Waals surface area contributed by atoms with Crippen molar-refractivity contribution in [2.75, 3.05) is 5.32 Å². The molecule has 22 heavy (non-hydrogen) atoms. The van der Waals surface area contributed by atoms with Crippen LogP contribution in [0.1, 0.15) is 59.9 Å². The minimum Gasteiger partial charge on any atom is -0.320 e. The number of rotatable bonds is 3. The van der Waals surface area contributed by atoms with Crippen LogP contribution in [0.4, 0.5) is 5.69 Å². The molecule has 0 bridgehead atoms. The van der Waals surface area contributed by atoms with E-state index >= 15 is 0 Å². The molecule has 1 aromatic carbocycles. The SMILES string of the molecule is CC(C)c1[nH]nc(C(=O)Nc2cccc3c2CCCC3)c1Br. The van der Waals surface area contributed by atoms with E-state index in [9.17, 15) is 4.79 Å². The standard InChI is InChI=1S/C17H20BrN3O/c1-10(2)15-14(18)16(21-20-15)17(22)19-13-9-5-7-11-6-3-4-8-12(11)13/h5,7,9-10H,3-4,6,8H2,1-2H3,(H,19,22)(H,20,21). The number of aryl methyl sites for hydroxylation is 1. The number of hydrogen-bond donors (Lipinski definition) is 2. The minimum atomic E-state index is -0.172. The van der Waals surface area contributed by atoms with E-state index < -0.39 is 0 Å². The Hall–Kier alpha value is -1.62. The Morgan fingerprint density at radius 2 is 2.09 bits per heavy atom. The second-order valence-electron chi connectivity index (χ2n) is 6.06. The molecule has 2 aromatic rings. The predicted molar refractivity (Wildman–Crippen MR) is 91.4 cm³/mol. The first kappa shape index (κ1) is 15.3. The van der Waals surface area contributed by atoms with Crippen molar-refractivity contribution < 1.29 is 4.79 Å². The average Bonchev–Trinajstić information content (AvgIpc) is 2.89. The highest BCUT2D eigenvalue weighted by molar-refractivity contribution is 9.10. The number of aromatic nitrogens is 2. The molecule has 2 N–H and O–H groups in total. The summed E-state index contributed by atoms with van der Waals surface area (Å²) in [4.78, 5) is 12.5. The van der Waals surface area contributed by atoms with E-state index in [1.807, 2.05) is 12.1 Å². The Labute approximate surface area is 138 Å². The van der Waals surface area contributed by atoms with Gasteiger partial charge in [-0.25, -0.2) is 0 Å². The van der Waals surface area contributed by atoms with Crippen molar-refractivity contribution in [3.05, 3.63) is 45.2 Å². The molecule has 1 aliphatic carbocycles. The van der Waals surface area contributed by atoms with Crippen molar-refractivity contribution >= 4 is 27.5 Å². The summed E-state index contributed by atoms with van der Waals surface area (Å²) < 4.78 is 0.754. The summed E-state index contributed by atoms with van der Waals surface area (Å²) in [7, 11) is 0. The molecule has 0 saturated heterocycles. The molecule has 0 spiro atoms. The highest BCUT2D eigenvalue weighted by Crippen LogP contribution is 2.30. The van der Waals surface area contributed by atoms with Gasteiger partial charge in [0.15, 0.2) is 5.69 Å². The van der Waals surface area contributed by atoms with Gasteiger partial charge in [0.1, 0.15) is 0 Å². The zero-order valence-corrected chi connectivity index (χ0v) is 14.5. The molecular weight excluding hydrogens is 342 g/mol. The molecule has 0 fully saturated rings. The Morgan fingerprint density at radius 1 is 1.32 bits per heavy atom. The summed E-state index contributed by atoms with van der Waals surface area (Å²) in [5, 5.41) is 10.1. The van der Waals surface area contributed by atoms with Crippen molar-refractivity contribution in [1.82, 2.24) is 10.2 Å². The fourth-order valence-electron chi connectivity index (χ4n) is 2.95. The molecule has 3 rings (SSSR count). The lowest BCUT2D eigenvalue weighted by Gasteiger charge is -2.19. The third kappa shape index (κ3) is 2.82. The fraction of sp³-hybridized carbons (Fsp3) is 0.412. The predicted octanol–water partition coefficient (Wildman–Crippen LogP) is 4.43. The molecule has 1 aliphatic rings. The average molecular weight is 362 g/mol. The number of amides is 1. The first-order chi connectivity index (χ1) is 10.6. The molecule has 1 heterocycles. The summed E-state index contributed by atoms with van der Waals surface area (Å²) in [6.07, 6.45) is 4.55. The van der Waals surface area contributed by atoms with E-state index in [1.165, 1.54) is 24.0 Å². The number of aromatic amines is 1.